The van der Waals surface area contributed by atoms with Gasteiger partial charge in [-0.15, -0.1) is 0 Å². The molecule has 104 valence electrons. The lowest BCUT2D eigenvalue weighted by molar-refractivity contribution is 0.411. The van der Waals surface area contributed by atoms with Crippen LogP contribution < -0.4 is 4.74 Å². The van der Waals surface area contributed by atoms with Gasteiger partial charge in [-0.3, -0.25) is 0 Å². The summed E-state index contributed by atoms with van der Waals surface area (Å²) in [6.45, 7) is 2.17. The van der Waals surface area contributed by atoms with Gasteiger partial charge < -0.3 is 4.74 Å². The first-order chi connectivity index (χ1) is 9.65. The first-order valence-electron chi connectivity index (χ1n) is 6.44. The molecule has 0 N–H and O–H groups in total. The van der Waals surface area contributed by atoms with E-state index < -0.39 is 0 Å². The van der Waals surface area contributed by atoms with Crippen LogP contribution in [0.25, 0.3) is 12.2 Å². The molecule has 0 saturated heterocycles. The Morgan fingerprint density at radius 3 is 2.25 bits per heavy atom. The van der Waals surface area contributed by atoms with Crippen LogP contribution in [0, 0.1) is 7.14 Å². The van der Waals surface area contributed by atoms with Crippen molar-refractivity contribution in [2.24, 2.45) is 0 Å². The molecule has 2 aromatic carbocycles. The van der Waals surface area contributed by atoms with Crippen LogP contribution in [0.2, 0.25) is 0 Å². The molecule has 0 radical (unpaired) electrons. The van der Waals surface area contributed by atoms with Gasteiger partial charge in [0.05, 0.1) is 10.7 Å². The summed E-state index contributed by atoms with van der Waals surface area (Å²) in [5.74, 6) is 0.930. The van der Waals surface area contributed by atoms with Gasteiger partial charge in [-0.05, 0) is 74.4 Å². The zero-order valence-electron chi connectivity index (χ0n) is 11.5. The summed E-state index contributed by atoms with van der Waals surface area (Å²) in [6, 6.07) is 12.8. The van der Waals surface area contributed by atoms with E-state index in [2.05, 4.69) is 94.6 Å². The Kier molecular flexibility index (Phi) is 5.89. The molecule has 0 aliphatic carbocycles. The number of rotatable bonds is 4. The van der Waals surface area contributed by atoms with Crippen molar-refractivity contribution in [2.45, 2.75) is 13.3 Å². The van der Waals surface area contributed by atoms with Crippen LogP contribution in [-0.2, 0) is 6.42 Å². The molecule has 2 aromatic rings. The molecular weight excluding hydrogens is 474 g/mol. The Morgan fingerprint density at radius 1 is 0.950 bits per heavy atom. The standard InChI is InChI=1S/C17H16I2O/c1-3-12-4-6-13(7-5-12)8-9-14-10-11-15(20-2)17(19)16(14)18/h4-11H,3H2,1-2H3. The van der Waals surface area contributed by atoms with E-state index in [1.807, 2.05) is 6.07 Å². The minimum Gasteiger partial charge on any atom is -0.496 e. The first kappa shape index (κ1) is 15.8. The molecule has 2 rings (SSSR count). The lowest BCUT2D eigenvalue weighted by atomic mass is 10.1. The Morgan fingerprint density at radius 2 is 1.65 bits per heavy atom. The Hall–Kier alpha value is -0.560. The van der Waals surface area contributed by atoms with Crippen molar-refractivity contribution in [3.63, 3.8) is 0 Å². The fraction of sp³-hybridized carbons (Fsp3) is 0.176. The normalized spacial score (nSPS) is 11.0. The summed E-state index contributed by atoms with van der Waals surface area (Å²) in [7, 11) is 1.71. The number of methoxy groups -OCH3 is 1. The van der Waals surface area contributed by atoms with E-state index in [1.54, 1.807) is 7.11 Å². The van der Waals surface area contributed by atoms with Gasteiger partial charge in [0.2, 0.25) is 0 Å². The highest BCUT2D eigenvalue weighted by molar-refractivity contribution is 14.1. The molecule has 3 heteroatoms. The summed E-state index contributed by atoms with van der Waals surface area (Å²) in [5.41, 5.74) is 3.81. The molecule has 0 heterocycles. The quantitative estimate of drug-likeness (QED) is 0.399. The third-order valence-corrected chi connectivity index (χ3v) is 6.41. The van der Waals surface area contributed by atoms with Crippen molar-refractivity contribution in [1.29, 1.82) is 0 Å². The summed E-state index contributed by atoms with van der Waals surface area (Å²) in [5, 5.41) is 0. The highest BCUT2D eigenvalue weighted by Crippen LogP contribution is 2.29. The van der Waals surface area contributed by atoms with Crippen LogP contribution >= 0.6 is 45.2 Å². The summed E-state index contributed by atoms with van der Waals surface area (Å²) in [6.07, 6.45) is 5.39. The highest BCUT2D eigenvalue weighted by atomic mass is 127. The number of aryl methyl sites for hydroxylation is 1. The second kappa shape index (κ2) is 7.45. The zero-order valence-corrected chi connectivity index (χ0v) is 15.8. The van der Waals surface area contributed by atoms with Crippen LogP contribution in [0.3, 0.4) is 0 Å². The number of hydrogen-bond donors (Lipinski definition) is 0. The summed E-state index contributed by atoms with van der Waals surface area (Å²) < 4.78 is 7.72. The van der Waals surface area contributed by atoms with Gasteiger partial charge >= 0.3 is 0 Å². The molecule has 1 nitrogen and oxygen atoms in total. The molecule has 0 aliphatic heterocycles. The maximum absolute atomic E-state index is 5.33. The van der Waals surface area contributed by atoms with E-state index >= 15 is 0 Å². The van der Waals surface area contributed by atoms with Gasteiger partial charge in [0.15, 0.2) is 0 Å². The SMILES string of the molecule is CCc1ccc(C=Cc2ccc(OC)c(I)c2I)cc1. The van der Waals surface area contributed by atoms with Gasteiger partial charge in [-0.2, -0.15) is 0 Å². The topological polar surface area (TPSA) is 9.23 Å². The molecule has 0 atom stereocenters. The van der Waals surface area contributed by atoms with Crippen molar-refractivity contribution in [2.75, 3.05) is 7.11 Å². The van der Waals surface area contributed by atoms with E-state index in [-0.39, 0.29) is 0 Å². The second-order valence-electron chi connectivity index (χ2n) is 4.41. The number of benzene rings is 2. The van der Waals surface area contributed by atoms with Crippen molar-refractivity contribution in [3.8, 4) is 5.75 Å². The van der Waals surface area contributed by atoms with Crippen molar-refractivity contribution < 1.29 is 4.74 Å². The monoisotopic (exact) mass is 490 g/mol. The molecular formula is C17H16I2O. The Balaban J connectivity index is 2.24. The minimum absolute atomic E-state index is 0.930. The van der Waals surface area contributed by atoms with E-state index in [4.69, 9.17) is 4.74 Å². The minimum atomic E-state index is 0.930. The maximum atomic E-state index is 5.33. The first-order valence-corrected chi connectivity index (χ1v) is 8.60. The largest absolute Gasteiger partial charge is 0.496 e. The van der Waals surface area contributed by atoms with Crippen molar-refractivity contribution in [1.82, 2.24) is 0 Å². The lowest BCUT2D eigenvalue weighted by Gasteiger charge is -2.07. The second-order valence-corrected chi connectivity index (χ2v) is 6.57. The van der Waals surface area contributed by atoms with Crippen LogP contribution in [0.4, 0.5) is 0 Å². The molecule has 0 spiro atoms. The van der Waals surface area contributed by atoms with Crippen LogP contribution in [0.5, 0.6) is 5.75 Å². The van der Waals surface area contributed by atoms with Gasteiger partial charge in [0.1, 0.15) is 5.75 Å². The third kappa shape index (κ3) is 3.75. The predicted octanol–water partition coefficient (Wildman–Crippen LogP) is 5.64. The average Bonchev–Trinajstić information content (AvgIpc) is 2.49. The highest BCUT2D eigenvalue weighted by Gasteiger charge is 2.07. The number of ether oxygens (including phenoxy) is 1. The van der Waals surface area contributed by atoms with Crippen molar-refractivity contribution in [3.05, 3.63) is 60.2 Å². The fourth-order valence-electron chi connectivity index (χ4n) is 1.88. The molecule has 0 aromatic heterocycles. The fourth-order valence-corrected chi connectivity index (χ4v) is 3.22. The molecule has 0 bridgehead atoms. The van der Waals surface area contributed by atoms with E-state index in [1.165, 1.54) is 20.3 Å². The van der Waals surface area contributed by atoms with Crippen molar-refractivity contribution >= 4 is 57.3 Å². The number of hydrogen-bond acceptors (Lipinski definition) is 1. The number of halogens is 2. The zero-order chi connectivity index (χ0) is 14.5. The van der Waals surface area contributed by atoms with E-state index in [9.17, 15) is 0 Å². The Labute approximate surface area is 147 Å². The van der Waals surface area contributed by atoms with Gasteiger partial charge in [-0.25, -0.2) is 0 Å². The average molecular weight is 490 g/mol. The van der Waals surface area contributed by atoms with Crippen LogP contribution in [0.15, 0.2) is 36.4 Å². The third-order valence-electron chi connectivity index (χ3n) is 3.14. The van der Waals surface area contributed by atoms with Gasteiger partial charge in [0.25, 0.3) is 0 Å². The molecule has 0 unspecified atom stereocenters. The molecule has 20 heavy (non-hydrogen) atoms. The Bertz CT molecular complexity index is 616. The molecule has 0 fully saturated rings. The molecule has 0 aliphatic rings. The van der Waals surface area contributed by atoms with Crippen LogP contribution in [0.1, 0.15) is 23.6 Å². The molecule has 0 saturated carbocycles. The van der Waals surface area contributed by atoms with E-state index in [0.717, 1.165) is 15.7 Å². The predicted molar refractivity (Wildman–Crippen MR) is 103 cm³/mol. The van der Waals surface area contributed by atoms with Crippen LogP contribution in [-0.4, -0.2) is 7.11 Å². The summed E-state index contributed by atoms with van der Waals surface area (Å²) >= 11 is 4.70. The van der Waals surface area contributed by atoms with E-state index in [0.29, 0.717) is 0 Å². The van der Waals surface area contributed by atoms with Gasteiger partial charge in [-0.1, -0.05) is 49.4 Å². The van der Waals surface area contributed by atoms with Gasteiger partial charge in [0, 0.05) is 3.57 Å². The maximum Gasteiger partial charge on any atom is 0.133 e. The molecule has 0 amide bonds. The summed E-state index contributed by atoms with van der Waals surface area (Å²) in [4.78, 5) is 0. The lowest BCUT2D eigenvalue weighted by Crippen LogP contribution is -1.92. The smallest absolute Gasteiger partial charge is 0.133 e.